The molecule has 1 aliphatic rings. The molecule has 6 rings (SSSR count). The summed E-state index contributed by atoms with van der Waals surface area (Å²) >= 11 is 0. The van der Waals surface area contributed by atoms with Crippen LogP contribution in [0.2, 0.25) is 0 Å². The third kappa shape index (κ3) is 5.50. The van der Waals surface area contributed by atoms with Crippen molar-refractivity contribution in [2.24, 2.45) is 0 Å². The van der Waals surface area contributed by atoms with E-state index in [-0.39, 0.29) is 5.91 Å². The molecule has 9 heteroatoms. The summed E-state index contributed by atoms with van der Waals surface area (Å²) in [6.07, 6.45) is 5.25. The molecule has 4 N–H and O–H groups in total. The van der Waals surface area contributed by atoms with Crippen LogP contribution >= 0.6 is 0 Å². The number of likely N-dealkylation sites (tertiary alicyclic amines) is 1. The van der Waals surface area contributed by atoms with Gasteiger partial charge in [0, 0.05) is 29.4 Å². The summed E-state index contributed by atoms with van der Waals surface area (Å²) in [5, 5.41) is 10.9. The number of benzene rings is 3. The monoisotopic (exact) mass is 533 g/mol. The Morgan fingerprint density at radius 2 is 1.77 bits per heavy atom. The highest BCUT2D eigenvalue weighted by Gasteiger charge is 2.14. The fraction of sp³-hybridized carbons (Fsp3) is 0.226. The number of carbonyl (C=O) groups excluding carboxylic acids is 1. The lowest BCUT2D eigenvalue weighted by atomic mass is 10.1. The zero-order valence-corrected chi connectivity index (χ0v) is 22.4. The van der Waals surface area contributed by atoms with Crippen LogP contribution in [0, 0.1) is 6.92 Å². The first-order valence-corrected chi connectivity index (χ1v) is 13.5. The average molecular weight is 534 g/mol. The first kappa shape index (κ1) is 25.5. The Morgan fingerprint density at radius 3 is 2.55 bits per heavy atom. The number of aryl methyl sites for hydroxylation is 1. The van der Waals surface area contributed by atoms with Crippen molar-refractivity contribution in [3.8, 4) is 22.8 Å². The van der Waals surface area contributed by atoms with E-state index in [0.717, 1.165) is 36.5 Å². The molecule has 1 amide bonds. The quantitative estimate of drug-likeness (QED) is 0.237. The Kier molecular flexibility index (Phi) is 7.11. The largest absolute Gasteiger partial charge is 0.457 e. The van der Waals surface area contributed by atoms with Crippen molar-refractivity contribution >= 4 is 28.4 Å². The van der Waals surface area contributed by atoms with E-state index in [1.165, 1.54) is 31.2 Å². The Bertz CT molecular complexity index is 1640. The maximum absolute atomic E-state index is 12.9. The van der Waals surface area contributed by atoms with Crippen LogP contribution in [-0.4, -0.2) is 44.1 Å². The van der Waals surface area contributed by atoms with Crippen LogP contribution in [0.15, 0.2) is 73.1 Å². The summed E-state index contributed by atoms with van der Waals surface area (Å²) in [5.74, 6) is 1.54. The maximum Gasteiger partial charge on any atom is 0.255 e. The number of amides is 1. The lowest BCUT2D eigenvalue weighted by molar-refractivity contribution is 0.102. The van der Waals surface area contributed by atoms with Crippen molar-refractivity contribution in [2.75, 3.05) is 24.1 Å². The van der Waals surface area contributed by atoms with E-state index in [9.17, 15) is 4.79 Å². The van der Waals surface area contributed by atoms with Crippen LogP contribution in [0.25, 0.3) is 22.3 Å². The van der Waals surface area contributed by atoms with E-state index in [2.05, 4.69) is 30.4 Å². The number of hydrogen-bond donors (Lipinski definition) is 3. The minimum Gasteiger partial charge on any atom is -0.457 e. The van der Waals surface area contributed by atoms with E-state index >= 15 is 0 Å². The molecule has 0 unspecified atom stereocenters. The number of piperidine rings is 1. The molecule has 3 heterocycles. The summed E-state index contributed by atoms with van der Waals surface area (Å²) in [6, 6.07) is 21.1. The molecule has 5 aromatic rings. The SMILES string of the molecule is Cc1ccc(NC(=O)c2ccc(CN3CCCCC3)cc2)cc1Oc1ccc(-c2[nH]nc3ncnc(N)c23)cc1. The lowest BCUT2D eigenvalue weighted by Gasteiger charge is -2.26. The van der Waals surface area contributed by atoms with Gasteiger partial charge in [0.1, 0.15) is 23.6 Å². The average Bonchev–Trinajstić information content (AvgIpc) is 3.42. The molecule has 1 saturated heterocycles. The molecule has 40 heavy (non-hydrogen) atoms. The number of ether oxygens (including phenoxy) is 1. The van der Waals surface area contributed by atoms with E-state index < -0.39 is 0 Å². The molecule has 2 aromatic heterocycles. The van der Waals surface area contributed by atoms with Crippen LogP contribution in [0.4, 0.5) is 11.5 Å². The normalized spacial score (nSPS) is 13.8. The van der Waals surface area contributed by atoms with E-state index in [1.807, 2.05) is 73.7 Å². The maximum atomic E-state index is 12.9. The number of carbonyl (C=O) groups is 1. The number of nitrogens with one attached hydrogen (secondary N) is 2. The molecule has 0 radical (unpaired) electrons. The fourth-order valence-electron chi connectivity index (χ4n) is 5.03. The van der Waals surface area contributed by atoms with Gasteiger partial charge in [0.15, 0.2) is 5.65 Å². The van der Waals surface area contributed by atoms with Crippen molar-refractivity contribution in [1.29, 1.82) is 0 Å². The molecular formula is C31H31N7O2. The molecule has 0 saturated carbocycles. The molecule has 9 nitrogen and oxygen atoms in total. The molecule has 202 valence electrons. The number of rotatable bonds is 7. The Hall–Kier alpha value is -4.76. The highest BCUT2D eigenvalue weighted by atomic mass is 16.5. The number of fused-ring (bicyclic) bond motifs is 1. The predicted octanol–water partition coefficient (Wildman–Crippen LogP) is 5.94. The number of aromatic amines is 1. The molecule has 0 aliphatic carbocycles. The second-order valence-corrected chi connectivity index (χ2v) is 10.2. The van der Waals surface area contributed by atoms with Gasteiger partial charge in [0.2, 0.25) is 0 Å². The van der Waals surface area contributed by atoms with Crippen molar-refractivity contribution in [2.45, 2.75) is 32.7 Å². The zero-order valence-electron chi connectivity index (χ0n) is 22.4. The molecule has 0 spiro atoms. The van der Waals surface area contributed by atoms with Gasteiger partial charge < -0.3 is 15.8 Å². The van der Waals surface area contributed by atoms with Gasteiger partial charge >= 0.3 is 0 Å². The summed E-state index contributed by atoms with van der Waals surface area (Å²) < 4.78 is 6.18. The molecule has 1 aliphatic heterocycles. The number of nitrogens with zero attached hydrogens (tertiary/aromatic N) is 4. The van der Waals surface area contributed by atoms with E-state index in [4.69, 9.17) is 10.5 Å². The molecule has 1 fully saturated rings. The number of H-pyrrole nitrogens is 1. The summed E-state index contributed by atoms with van der Waals surface area (Å²) in [4.78, 5) is 23.7. The fourth-order valence-corrected chi connectivity index (χ4v) is 5.03. The van der Waals surface area contributed by atoms with Gasteiger partial charge in [-0.3, -0.25) is 14.8 Å². The number of aromatic nitrogens is 4. The minimum absolute atomic E-state index is 0.154. The Morgan fingerprint density at radius 1 is 1.00 bits per heavy atom. The second kappa shape index (κ2) is 11.2. The van der Waals surface area contributed by atoms with Gasteiger partial charge in [-0.25, -0.2) is 9.97 Å². The lowest BCUT2D eigenvalue weighted by Crippen LogP contribution is -2.29. The highest BCUT2D eigenvalue weighted by molar-refractivity contribution is 6.04. The van der Waals surface area contributed by atoms with Crippen molar-refractivity contribution in [3.63, 3.8) is 0 Å². The molecule has 3 aromatic carbocycles. The Balaban J connectivity index is 1.12. The second-order valence-electron chi connectivity index (χ2n) is 10.2. The summed E-state index contributed by atoms with van der Waals surface area (Å²) in [7, 11) is 0. The summed E-state index contributed by atoms with van der Waals surface area (Å²) in [6.45, 7) is 5.20. The smallest absolute Gasteiger partial charge is 0.255 e. The number of nitrogens with two attached hydrogens (primary N) is 1. The van der Waals surface area contributed by atoms with Crippen molar-refractivity contribution in [3.05, 3.63) is 89.7 Å². The number of hydrogen-bond acceptors (Lipinski definition) is 7. The number of anilines is 2. The third-order valence-electron chi connectivity index (χ3n) is 7.27. The topological polar surface area (TPSA) is 122 Å². The van der Waals surface area contributed by atoms with Crippen molar-refractivity contribution in [1.82, 2.24) is 25.1 Å². The minimum atomic E-state index is -0.154. The van der Waals surface area contributed by atoms with Crippen LogP contribution in [-0.2, 0) is 6.54 Å². The highest BCUT2D eigenvalue weighted by Crippen LogP contribution is 2.32. The van der Waals surface area contributed by atoms with E-state index in [1.54, 1.807) is 0 Å². The standard InChI is InChI=1S/C31H31N7O2/c1-20-5-12-24(35-31(39)23-8-6-21(7-9-23)18-38-15-3-2-4-16-38)17-26(20)40-25-13-10-22(11-14-25)28-27-29(32)33-19-34-30(27)37-36-28/h5-14,17,19H,2-4,15-16,18H2,1H3,(H,35,39)(H3,32,33,34,36,37). The van der Waals surface area contributed by atoms with Crippen molar-refractivity contribution < 1.29 is 9.53 Å². The van der Waals surface area contributed by atoms with Crippen LogP contribution in [0.1, 0.15) is 40.7 Å². The van der Waals surface area contributed by atoms with Crippen LogP contribution in [0.5, 0.6) is 11.5 Å². The van der Waals surface area contributed by atoms with Gasteiger partial charge in [-0.2, -0.15) is 5.10 Å². The number of nitrogen functional groups attached to an aromatic ring is 1. The van der Waals surface area contributed by atoms with Gasteiger partial charge in [0.25, 0.3) is 5.91 Å². The van der Waals surface area contributed by atoms with Gasteiger partial charge in [-0.15, -0.1) is 0 Å². The van der Waals surface area contributed by atoms with Gasteiger partial charge in [-0.05, 0) is 86.4 Å². The third-order valence-corrected chi connectivity index (χ3v) is 7.27. The van der Waals surface area contributed by atoms with Gasteiger partial charge in [0.05, 0.1) is 11.1 Å². The first-order chi connectivity index (χ1) is 19.5. The first-order valence-electron chi connectivity index (χ1n) is 13.5. The zero-order chi connectivity index (χ0) is 27.5. The van der Waals surface area contributed by atoms with E-state index in [0.29, 0.717) is 39.6 Å². The summed E-state index contributed by atoms with van der Waals surface area (Å²) in [5.41, 5.74) is 11.7. The Labute approximate surface area is 232 Å². The molecular weight excluding hydrogens is 502 g/mol. The predicted molar refractivity (Wildman–Crippen MR) is 156 cm³/mol. The molecule has 0 atom stereocenters. The van der Waals surface area contributed by atoms with Gasteiger partial charge in [-0.1, -0.05) is 24.6 Å². The van der Waals surface area contributed by atoms with Crippen LogP contribution < -0.4 is 15.8 Å². The van der Waals surface area contributed by atoms with Crippen LogP contribution in [0.3, 0.4) is 0 Å². The molecule has 0 bridgehead atoms.